The van der Waals surface area contributed by atoms with Gasteiger partial charge in [0.05, 0.1) is 15.8 Å². The molecule has 0 fully saturated rings. The molecule has 26 heavy (non-hydrogen) atoms. The van der Waals surface area contributed by atoms with Crippen LogP contribution in [0.1, 0.15) is 22.8 Å². The number of Topliss-reactive ketones (excluding diaryl/α,β-unsaturated/α-hetero) is 1. The number of nitrogens with two attached hydrogens (primary N) is 1. The second-order valence-corrected chi connectivity index (χ2v) is 6.83. The molecule has 0 saturated carbocycles. The van der Waals surface area contributed by atoms with Gasteiger partial charge >= 0.3 is 11.9 Å². The molecule has 2 aromatic rings. The number of carbonyl (C=O) groups excluding carboxylic acids is 1. The second kappa shape index (κ2) is 6.98. The number of hydrogen-bond donors (Lipinski definition) is 1. The van der Waals surface area contributed by atoms with Crippen molar-refractivity contribution in [3.63, 3.8) is 0 Å². The largest absolute Gasteiger partial charge is 0.417 e. The van der Waals surface area contributed by atoms with E-state index in [0.717, 1.165) is 33.0 Å². The first-order chi connectivity index (χ1) is 11.9. The van der Waals surface area contributed by atoms with Gasteiger partial charge in [-0.2, -0.15) is 13.2 Å². The minimum atomic E-state index is -4.51. The summed E-state index contributed by atoms with van der Waals surface area (Å²) >= 11 is 0.880. The fourth-order valence-electron chi connectivity index (χ4n) is 2.15. The van der Waals surface area contributed by atoms with E-state index in [1.165, 1.54) is 21.0 Å². The number of hydrogen-bond acceptors (Lipinski definition) is 6. The maximum absolute atomic E-state index is 12.6. The van der Waals surface area contributed by atoms with E-state index in [-0.39, 0.29) is 16.4 Å². The predicted molar refractivity (Wildman–Crippen MR) is 90.2 cm³/mol. The summed E-state index contributed by atoms with van der Waals surface area (Å²) in [6.07, 6.45) is -3.84. The van der Waals surface area contributed by atoms with Crippen LogP contribution in [0.15, 0.2) is 32.9 Å². The molecule has 0 aliphatic heterocycles. The standard InChI is InChI=1S/C15H15F3N4O3S/c1-7(26-9-5-4-8(6-20-9)15(16,17)18)11(23)10-12(19)21(2)14(25)22(3)13(10)24/h4-7H,19H2,1-3H3/t7-/m1/s1. The third-order valence-corrected chi connectivity index (χ3v) is 4.74. The zero-order chi connectivity index (χ0) is 19.8. The van der Waals surface area contributed by atoms with Crippen molar-refractivity contribution < 1.29 is 18.0 Å². The Hall–Kier alpha value is -2.56. The van der Waals surface area contributed by atoms with Crippen molar-refractivity contribution in [1.82, 2.24) is 14.1 Å². The average Bonchev–Trinajstić information content (AvgIpc) is 2.58. The summed E-state index contributed by atoms with van der Waals surface area (Å²) in [5.74, 6) is -0.915. The fourth-order valence-corrected chi connectivity index (χ4v) is 2.99. The fraction of sp³-hybridized carbons (Fsp3) is 0.333. The molecule has 0 bridgehead atoms. The Balaban J connectivity index is 2.32. The smallest absolute Gasteiger partial charge is 0.384 e. The van der Waals surface area contributed by atoms with Crippen LogP contribution in [0.4, 0.5) is 19.0 Å². The lowest BCUT2D eigenvalue weighted by Crippen LogP contribution is -2.42. The SMILES string of the molecule is C[C@@H](Sc1ccc(C(F)(F)F)cn1)C(=O)c1c(N)n(C)c(=O)n(C)c1=O. The summed E-state index contributed by atoms with van der Waals surface area (Å²) in [5, 5.41) is -0.675. The van der Waals surface area contributed by atoms with Gasteiger partial charge in [-0.3, -0.25) is 18.7 Å². The second-order valence-electron chi connectivity index (χ2n) is 5.47. The first-order valence-corrected chi connectivity index (χ1v) is 8.12. The van der Waals surface area contributed by atoms with E-state index < -0.39 is 34.0 Å². The molecule has 0 saturated heterocycles. The van der Waals surface area contributed by atoms with Crippen LogP contribution in [0.5, 0.6) is 0 Å². The molecule has 0 spiro atoms. The summed E-state index contributed by atoms with van der Waals surface area (Å²) in [6.45, 7) is 1.47. The Morgan fingerprint density at radius 3 is 2.35 bits per heavy atom. The zero-order valence-electron chi connectivity index (χ0n) is 14.0. The highest BCUT2D eigenvalue weighted by Gasteiger charge is 2.31. The molecular formula is C15H15F3N4O3S. The number of alkyl halides is 3. The van der Waals surface area contributed by atoms with Gasteiger partial charge in [-0.1, -0.05) is 11.8 Å². The molecule has 0 aliphatic carbocycles. The maximum Gasteiger partial charge on any atom is 0.417 e. The molecule has 0 aliphatic rings. The molecule has 11 heteroatoms. The summed E-state index contributed by atoms with van der Waals surface area (Å²) < 4.78 is 39.4. The summed E-state index contributed by atoms with van der Waals surface area (Å²) in [7, 11) is 2.54. The van der Waals surface area contributed by atoms with Gasteiger partial charge in [-0.25, -0.2) is 9.78 Å². The van der Waals surface area contributed by atoms with E-state index in [4.69, 9.17) is 5.73 Å². The van der Waals surface area contributed by atoms with E-state index in [0.29, 0.717) is 6.20 Å². The third kappa shape index (κ3) is 3.66. The van der Waals surface area contributed by atoms with Crippen molar-refractivity contribution in [3.8, 4) is 0 Å². The van der Waals surface area contributed by atoms with Crippen molar-refractivity contribution in [2.24, 2.45) is 14.1 Å². The minimum Gasteiger partial charge on any atom is -0.384 e. The van der Waals surface area contributed by atoms with Gasteiger partial charge in [0, 0.05) is 20.3 Å². The molecule has 0 amide bonds. The summed E-state index contributed by atoms with van der Waals surface area (Å²) in [6, 6.07) is 1.99. The number of carbonyl (C=O) groups is 1. The Labute approximate surface area is 149 Å². The van der Waals surface area contributed by atoms with Crippen LogP contribution >= 0.6 is 11.8 Å². The molecule has 2 rings (SSSR count). The molecule has 0 unspecified atom stereocenters. The topological polar surface area (TPSA) is 100.0 Å². The van der Waals surface area contributed by atoms with Crippen LogP contribution in [-0.2, 0) is 20.3 Å². The van der Waals surface area contributed by atoms with Crippen LogP contribution in [0.25, 0.3) is 0 Å². The Kier molecular flexibility index (Phi) is 5.31. The lowest BCUT2D eigenvalue weighted by molar-refractivity contribution is -0.137. The molecule has 140 valence electrons. The molecule has 2 N–H and O–H groups in total. The van der Waals surface area contributed by atoms with Crippen LogP contribution < -0.4 is 17.0 Å². The quantitative estimate of drug-likeness (QED) is 0.629. The molecule has 2 aromatic heterocycles. The number of rotatable bonds is 4. The molecule has 0 radical (unpaired) electrons. The third-order valence-electron chi connectivity index (χ3n) is 3.69. The summed E-state index contributed by atoms with van der Waals surface area (Å²) in [5.41, 5.74) is 2.98. The lowest BCUT2D eigenvalue weighted by atomic mass is 10.1. The van der Waals surface area contributed by atoms with E-state index in [1.807, 2.05) is 0 Å². The van der Waals surface area contributed by atoms with Crippen molar-refractivity contribution in [2.45, 2.75) is 23.4 Å². The minimum absolute atomic E-state index is 0.180. The molecule has 1 atom stereocenters. The number of ketones is 1. The molecular weight excluding hydrogens is 373 g/mol. The predicted octanol–water partition coefficient (Wildman–Crippen LogP) is 1.44. The van der Waals surface area contributed by atoms with Crippen LogP contribution in [0.3, 0.4) is 0 Å². The van der Waals surface area contributed by atoms with Crippen molar-refractivity contribution >= 4 is 23.4 Å². The van der Waals surface area contributed by atoms with Gasteiger partial charge in [0.15, 0.2) is 5.78 Å². The zero-order valence-corrected chi connectivity index (χ0v) is 14.8. The van der Waals surface area contributed by atoms with Crippen molar-refractivity contribution in [1.29, 1.82) is 0 Å². The number of nitrogen functional groups attached to an aromatic ring is 1. The first-order valence-electron chi connectivity index (χ1n) is 7.24. The normalized spacial score (nSPS) is 12.8. The lowest BCUT2D eigenvalue weighted by Gasteiger charge is -2.14. The number of thioether (sulfide) groups is 1. The number of anilines is 1. The van der Waals surface area contributed by atoms with Crippen molar-refractivity contribution in [3.05, 3.63) is 50.3 Å². The highest BCUT2D eigenvalue weighted by atomic mass is 32.2. The Morgan fingerprint density at radius 2 is 1.85 bits per heavy atom. The monoisotopic (exact) mass is 388 g/mol. The average molecular weight is 388 g/mol. The van der Waals surface area contributed by atoms with Gasteiger partial charge in [0.1, 0.15) is 11.4 Å². The number of nitrogens with zero attached hydrogens (tertiary/aromatic N) is 3. The van der Waals surface area contributed by atoms with Gasteiger partial charge in [-0.05, 0) is 19.1 Å². The highest BCUT2D eigenvalue weighted by Crippen LogP contribution is 2.30. The number of halogens is 3. The highest BCUT2D eigenvalue weighted by molar-refractivity contribution is 8.00. The molecule has 0 aromatic carbocycles. The molecule has 2 heterocycles. The van der Waals surface area contributed by atoms with E-state index in [2.05, 4.69) is 4.98 Å². The first kappa shape index (κ1) is 19.8. The van der Waals surface area contributed by atoms with Crippen molar-refractivity contribution in [2.75, 3.05) is 5.73 Å². The summed E-state index contributed by atoms with van der Waals surface area (Å²) in [4.78, 5) is 40.3. The Morgan fingerprint density at radius 1 is 1.23 bits per heavy atom. The maximum atomic E-state index is 12.6. The van der Waals surface area contributed by atoms with E-state index in [9.17, 15) is 27.6 Å². The van der Waals surface area contributed by atoms with E-state index >= 15 is 0 Å². The van der Waals surface area contributed by atoms with Gasteiger partial charge in [0.25, 0.3) is 5.56 Å². The van der Waals surface area contributed by atoms with Crippen LogP contribution in [0, 0.1) is 0 Å². The van der Waals surface area contributed by atoms with Gasteiger partial charge in [0.2, 0.25) is 0 Å². The van der Waals surface area contributed by atoms with Gasteiger partial charge in [-0.15, -0.1) is 0 Å². The number of pyridine rings is 1. The molecule has 7 nitrogen and oxygen atoms in total. The van der Waals surface area contributed by atoms with Crippen LogP contribution in [-0.4, -0.2) is 25.2 Å². The Bertz CT molecular complexity index is 964. The van der Waals surface area contributed by atoms with E-state index in [1.54, 1.807) is 0 Å². The number of aromatic nitrogens is 3. The van der Waals surface area contributed by atoms with Gasteiger partial charge < -0.3 is 5.73 Å². The van der Waals surface area contributed by atoms with Crippen LogP contribution in [0.2, 0.25) is 0 Å².